The topological polar surface area (TPSA) is 30.9 Å². The molecule has 2 heterocycles. The molecule has 8 atom stereocenters. The second-order valence-electron chi connectivity index (χ2n) is 10.8. The van der Waals surface area contributed by atoms with Gasteiger partial charge in [-0.25, -0.2) is 4.67 Å². The summed E-state index contributed by atoms with van der Waals surface area (Å²) in [6, 6.07) is 0. The Morgan fingerprint density at radius 1 is 0.586 bits per heavy atom. The second-order valence-corrected chi connectivity index (χ2v) is 12.3. The monoisotopic (exact) mass is 421 g/mol. The first-order valence-corrected chi connectivity index (χ1v) is 14.0. The lowest BCUT2D eigenvalue weighted by Gasteiger charge is -2.53. The molecule has 4 saturated carbocycles. The first-order chi connectivity index (χ1) is 14.4. The van der Waals surface area contributed by atoms with Crippen LogP contribution in [0.2, 0.25) is 0 Å². The van der Waals surface area contributed by atoms with Gasteiger partial charge in [-0.15, -0.1) is 0 Å². The van der Waals surface area contributed by atoms with E-state index >= 15 is 0 Å². The van der Waals surface area contributed by atoms with Crippen LogP contribution >= 0.6 is 8.53 Å². The van der Waals surface area contributed by atoms with E-state index in [1.807, 2.05) is 0 Å². The molecule has 0 radical (unpaired) electrons. The summed E-state index contributed by atoms with van der Waals surface area (Å²) in [5, 5.41) is 0. The number of fused-ring (bicyclic) bond motifs is 7. The molecule has 0 amide bonds. The summed E-state index contributed by atoms with van der Waals surface area (Å²) in [6.07, 6.45) is 18.0. The predicted molar refractivity (Wildman–Crippen MR) is 115 cm³/mol. The van der Waals surface area contributed by atoms with Gasteiger partial charge in [-0.1, -0.05) is 38.5 Å². The highest BCUT2D eigenvalue weighted by atomic mass is 31.2. The van der Waals surface area contributed by atoms with E-state index in [-0.39, 0.29) is 0 Å². The standard InChI is InChI=1S/C24H40NO3P/c1-3-7-19-17(5-1)9-11-21-23(19)24-20-8-4-2-6-18(20)10-12-22(24)28-29(27-21)25-13-15-26-16-14-25/h17-24H,1-16H2. The number of rotatable bonds is 1. The Hall–Kier alpha value is 0.270. The third-order valence-electron chi connectivity index (χ3n) is 9.54. The van der Waals surface area contributed by atoms with E-state index in [1.54, 1.807) is 0 Å². The molecule has 164 valence electrons. The third kappa shape index (κ3) is 3.74. The third-order valence-corrected chi connectivity index (χ3v) is 11.3. The summed E-state index contributed by atoms with van der Waals surface area (Å²) in [7, 11) is -0.900. The summed E-state index contributed by atoms with van der Waals surface area (Å²) < 4.78 is 22.1. The van der Waals surface area contributed by atoms with Crippen molar-refractivity contribution in [2.75, 3.05) is 26.3 Å². The van der Waals surface area contributed by atoms with E-state index in [1.165, 1.54) is 77.0 Å². The molecule has 0 spiro atoms. The van der Waals surface area contributed by atoms with Gasteiger partial charge in [-0.2, -0.15) is 0 Å². The van der Waals surface area contributed by atoms with Crippen molar-refractivity contribution in [2.24, 2.45) is 35.5 Å². The van der Waals surface area contributed by atoms with Gasteiger partial charge in [0.2, 0.25) is 0 Å². The molecular weight excluding hydrogens is 381 g/mol. The van der Waals surface area contributed by atoms with Crippen molar-refractivity contribution in [3.63, 3.8) is 0 Å². The van der Waals surface area contributed by atoms with Gasteiger partial charge < -0.3 is 13.8 Å². The Balaban J connectivity index is 1.33. The van der Waals surface area contributed by atoms with Crippen LogP contribution in [-0.2, 0) is 13.8 Å². The molecule has 2 aliphatic heterocycles. The lowest BCUT2D eigenvalue weighted by atomic mass is 9.53. The average molecular weight is 422 g/mol. The molecule has 0 aromatic carbocycles. The summed E-state index contributed by atoms with van der Waals surface area (Å²) in [5.41, 5.74) is 0. The molecule has 2 saturated heterocycles. The summed E-state index contributed by atoms with van der Waals surface area (Å²) >= 11 is 0. The number of morpholine rings is 1. The normalized spacial score (nSPS) is 51.1. The fraction of sp³-hybridized carbons (Fsp3) is 1.00. The van der Waals surface area contributed by atoms with E-state index in [2.05, 4.69) is 4.67 Å². The van der Waals surface area contributed by atoms with Crippen molar-refractivity contribution >= 4 is 8.53 Å². The van der Waals surface area contributed by atoms with Gasteiger partial charge in [0.05, 0.1) is 25.4 Å². The van der Waals surface area contributed by atoms with Gasteiger partial charge in [0.15, 0.2) is 0 Å². The fourth-order valence-electron chi connectivity index (χ4n) is 8.32. The average Bonchev–Trinajstić information content (AvgIpc) is 2.97. The quantitative estimate of drug-likeness (QED) is 0.504. The van der Waals surface area contributed by atoms with E-state index in [0.717, 1.165) is 61.8 Å². The molecule has 29 heavy (non-hydrogen) atoms. The first-order valence-electron chi connectivity index (χ1n) is 12.8. The lowest BCUT2D eigenvalue weighted by Crippen LogP contribution is -2.51. The Kier molecular flexibility index (Phi) is 5.95. The van der Waals surface area contributed by atoms with Gasteiger partial charge in [-0.3, -0.25) is 0 Å². The van der Waals surface area contributed by atoms with E-state index < -0.39 is 8.53 Å². The number of hydrogen-bond acceptors (Lipinski definition) is 4. The summed E-state index contributed by atoms with van der Waals surface area (Å²) in [4.78, 5) is 0. The maximum atomic E-state index is 6.99. The van der Waals surface area contributed by atoms with Crippen LogP contribution in [-0.4, -0.2) is 43.2 Å². The van der Waals surface area contributed by atoms with Gasteiger partial charge in [-0.05, 0) is 74.0 Å². The van der Waals surface area contributed by atoms with Crippen LogP contribution in [0.25, 0.3) is 0 Å². The molecule has 0 bridgehead atoms. The SMILES string of the molecule is C1CCC2C(C1)CCC1OP(N3CCOCC3)OC3CCC4CCCCC4C3C12. The Labute approximate surface area is 178 Å². The van der Waals surface area contributed by atoms with Gasteiger partial charge in [0, 0.05) is 13.1 Å². The van der Waals surface area contributed by atoms with Crippen LogP contribution in [0, 0.1) is 35.5 Å². The van der Waals surface area contributed by atoms with Crippen LogP contribution in [0.3, 0.4) is 0 Å². The first kappa shape index (κ1) is 19.9. The Morgan fingerprint density at radius 3 is 1.66 bits per heavy atom. The number of hydrogen-bond donors (Lipinski definition) is 0. The zero-order valence-corrected chi connectivity index (χ0v) is 18.9. The predicted octanol–water partition coefficient (Wildman–Crippen LogP) is 5.76. The second kappa shape index (κ2) is 8.66. The minimum Gasteiger partial charge on any atom is -0.379 e. The molecule has 0 aromatic rings. The molecule has 0 aromatic heterocycles. The number of ether oxygens (including phenoxy) is 1. The minimum atomic E-state index is -0.900. The van der Waals surface area contributed by atoms with Crippen molar-refractivity contribution in [2.45, 2.75) is 89.3 Å². The lowest BCUT2D eigenvalue weighted by molar-refractivity contribution is -0.0856. The molecular formula is C24H40NO3P. The van der Waals surface area contributed by atoms with Crippen molar-refractivity contribution in [1.29, 1.82) is 0 Å². The van der Waals surface area contributed by atoms with E-state index in [0.29, 0.717) is 12.2 Å². The van der Waals surface area contributed by atoms with Crippen LogP contribution in [0.4, 0.5) is 0 Å². The minimum absolute atomic E-state index is 0.457. The van der Waals surface area contributed by atoms with E-state index in [4.69, 9.17) is 13.8 Å². The van der Waals surface area contributed by atoms with Crippen molar-refractivity contribution in [3.8, 4) is 0 Å². The van der Waals surface area contributed by atoms with Crippen LogP contribution in [0.15, 0.2) is 0 Å². The maximum Gasteiger partial charge on any atom is 0.259 e. The molecule has 6 rings (SSSR count). The van der Waals surface area contributed by atoms with Gasteiger partial charge in [0.25, 0.3) is 8.53 Å². The molecule has 4 nitrogen and oxygen atoms in total. The van der Waals surface area contributed by atoms with E-state index in [9.17, 15) is 0 Å². The fourth-order valence-corrected chi connectivity index (χ4v) is 10.1. The summed E-state index contributed by atoms with van der Waals surface area (Å²) in [5.74, 6) is 5.34. The molecule has 4 aliphatic carbocycles. The van der Waals surface area contributed by atoms with Crippen LogP contribution < -0.4 is 0 Å². The van der Waals surface area contributed by atoms with Crippen molar-refractivity contribution in [1.82, 2.24) is 4.67 Å². The highest BCUT2D eigenvalue weighted by Gasteiger charge is 2.55. The molecule has 0 N–H and O–H groups in total. The number of nitrogens with zero attached hydrogens (tertiary/aromatic N) is 1. The molecule has 6 fully saturated rings. The largest absolute Gasteiger partial charge is 0.379 e. The van der Waals surface area contributed by atoms with Crippen LogP contribution in [0.1, 0.15) is 77.0 Å². The Bertz CT molecular complexity index is 530. The highest BCUT2D eigenvalue weighted by molar-refractivity contribution is 7.44. The van der Waals surface area contributed by atoms with Crippen molar-refractivity contribution in [3.05, 3.63) is 0 Å². The molecule has 5 heteroatoms. The maximum absolute atomic E-state index is 6.99. The Morgan fingerprint density at radius 2 is 1.10 bits per heavy atom. The van der Waals surface area contributed by atoms with Gasteiger partial charge in [0.1, 0.15) is 0 Å². The molecule has 8 unspecified atom stereocenters. The zero-order chi connectivity index (χ0) is 19.2. The zero-order valence-electron chi connectivity index (χ0n) is 18.1. The summed E-state index contributed by atoms with van der Waals surface area (Å²) in [6.45, 7) is 3.64. The van der Waals surface area contributed by atoms with Crippen molar-refractivity contribution < 1.29 is 13.8 Å². The van der Waals surface area contributed by atoms with Crippen LogP contribution in [0.5, 0.6) is 0 Å². The smallest absolute Gasteiger partial charge is 0.259 e. The van der Waals surface area contributed by atoms with Gasteiger partial charge >= 0.3 is 0 Å². The molecule has 6 aliphatic rings. The highest BCUT2D eigenvalue weighted by Crippen LogP contribution is 2.62.